The van der Waals surface area contributed by atoms with Gasteiger partial charge in [-0.3, -0.25) is 0 Å². The van der Waals surface area contributed by atoms with Gasteiger partial charge in [0.05, 0.1) is 18.7 Å². The highest BCUT2D eigenvalue weighted by Crippen LogP contribution is 2.35. The minimum absolute atomic E-state index is 0.0408. The Hall–Kier alpha value is -3.09. The second-order valence-electron chi connectivity index (χ2n) is 9.33. The highest BCUT2D eigenvalue weighted by molar-refractivity contribution is 7.89. The maximum Gasteiger partial charge on any atom is 0.416 e. The molecular formula is C26H32F3N3O5S. The SMILES string of the molecule is C/C=C/c1ccc2c(c1)O[C@H](CN(C)C(=O)Nc1ccc(C(F)(F)F)cc1)[C@H](C)CN([C@@H](C)CO)S2(=O)=O. The molecule has 38 heavy (non-hydrogen) atoms. The minimum atomic E-state index is -4.48. The van der Waals surface area contributed by atoms with Gasteiger partial charge in [-0.1, -0.05) is 25.1 Å². The summed E-state index contributed by atoms with van der Waals surface area (Å²) in [6, 6.07) is 7.57. The Bertz CT molecular complexity index is 1270. The number of hydrogen-bond acceptors (Lipinski definition) is 5. The van der Waals surface area contributed by atoms with E-state index in [1.807, 2.05) is 6.92 Å². The van der Waals surface area contributed by atoms with Gasteiger partial charge in [0.2, 0.25) is 10.0 Å². The molecule has 0 spiro atoms. The van der Waals surface area contributed by atoms with Gasteiger partial charge >= 0.3 is 12.2 Å². The lowest BCUT2D eigenvalue weighted by atomic mass is 10.0. The maximum absolute atomic E-state index is 13.5. The summed E-state index contributed by atoms with van der Waals surface area (Å²) in [5.74, 6) is -0.262. The summed E-state index contributed by atoms with van der Waals surface area (Å²) >= 11 is 0. The van der Waals surface area contributed by atoms with Crippen molar-refractivity contribution in [2.75, 3.05) is 32.1 Å². The largest absolute Gasteiger partial charge is 0.487 e. The number of halogens is 3. The molecule has 3 rings (SSSR count). The van der Waals surface area contributed by atoms with E-state index in [1.165, 1.54) is 34.5 Å². The number of likely N-dealkylation sites (N-methyl/N-ethyl adjacent to an activating group) is 1. The third kappa shape index (κ3) is 6.66. The number of benzene rings is 2. The number of sulfonamides is 1. The molecule has 0 aliphatic carbocycles. The average molecular weight is 556 g/mol. The van der Waals surface area contributed by atoms with Gasteiger partial charge in [-0.15, -0.1) is 0 Å². The van der Waals surface area contributed by atoms with Crippen molar-refractivity contribution in [2.45, 2.75) is 44.0 Å². The summed E-state index contributed by atoms with van der Waals surface area (Å²) in [6.45, 7) is 4.95. The summed E-state index contributed by atoms with van der Waals surface area (Å²) in [5.41, 5.74) is 0.0913. The number of aliphatic hydroxyl groups excluding tert-OH is 1. The predicted molar refractivity (Wildman–Crippen MR) is 138 cm³/mol. The summed E-state index contributed by atoms with van der Waals surface area (Å²) in [6.07, 6.45) is -1.52. The van der Waals surface area contributed by atoms with E-state index in [0.29, 0.717) is 0 Å². The molecule has 0 fully saturated rings. The molecule has 2 amide bonds. The van der Waals surface area contributed by atoms with Crippen LogP contribution in [0.2, 0.25) is 0 Å². The molecule has 0 radical (unpaired) electrons. The van der Waals surface area contributed by atoms with Crippen LogP contribution in [0.1, 0.15) is 31.9 Å². The fraction of sp³-hybridized carbons (Fsp3) is 0.423. The lowest BCUT2D eigenvalue weighted by molar-refractivity contribution is -0.137. The summed E-state index contributed by atoms with van der Waals surface area (Å²) in [4.78, 5) is 14.1. The minimum Gasteiger partial charge on any atom is -0.487 e. The molecule has 0 saturated heterocycles. The first-order chi connectivity index (χ1) is 17.8. The van der Waals surface area contributed by atoms with Crippen LogP contribution in [0.4, 0.5) is 23.7 Å². The van der Waals surface area contributed by atoms with Gasteiger partial charge in [-0.2, -0.15) is 17.5 Å². The van der Waals surface area contributed by atoms with Crippen molar-refractivity contribution in [3.05, 3.63) is 59.7 Å². The van der Waals surface area contributed by atoms with Crippen LogP contribution in [-0.4, -0.2) is 67.7 Å². The number of amides is 2. The second-order valence-corrected chi connectivity index (χ2v) is 11.2. The number of alkyl halides is 3. The van der Waals surface area contributed by atoms with Crippen molar-refractivity contribution in [2.24, 2.45) is 5.92 Å². The van der Waals surface area contributed by atoms with Crippen LogP contribution in [0.25, 0.3) is 6.08 Å². The zero-order valence-corrected chi connectivity index (χ0v) is 22.4. The smallest absolute Gasteiger partial charge is 0.416 e. The topological polar surface area (TPSA) is 99.2 Å². The van der Waals surface area contributed by atoms with Gasteiger partial charge < -0.3 is 20.1 Å². The van der Waals surface area contributed by atoms with Crippen molar-refractivity contribution in [1.29, 1.82) is 0 Å². The number of hydrogen-bond donors (Lipinski definition) is 2. The van der Waals surface area contributed by atoms with E-state index in [4.69, 9.17) is 4.74 Å². The molecule has 8 nitrogen and oxygen atoms in total. The quantitative estimate of drug-likeness (QED) is 0.540. The number of rotatable bonds is 6. The normalized spacial score (nSPS) is 20.6. The van der Waals surface area contributed by atoms with Gasteiger partial charge in [0, 0.05) is 31.2 Å². The number of fused-ring (bicyclic) bond motifs is 1. The first-order valence-electron chi connectivity index (χ1n) is 12.0. The summed E-state index contributed by atoms with van der Waals surface area (Å²) in [7, 11) is -2.48. The highest BCUT2D eigenvalue weighted by Gasteiger charge is 2.38. The lowest BCUT2D eigenvalue weighted by Crippen LogP contribution is -2.50. The Kier molecular flexibility index (Phi) is 9.11. The average Bonchev–Trinajstić information content (AvgIpc) is 2.85. The molecule has 208 valence electrons. The van der Waals surface area contributed by atoms with E-state index in [2.05, 4.69) is 5.32 Å². The zero-order valence-electron chi connectivity index (χ0n) is 21.6. The monoisotopic (exact) mass is 555 g/mol. The molecule has 0 aromatic heterocycles. The van der Waals surface area contributed by atoms with E-state index in [-0.39, 0.29) is 36.0 Å². The number of carbonyl (C=O) groups is 1. The predicted octanol–water partition coefficient (Wildman–Crippen LogP) is 4.67. The lowest BCUT2D eigenvalue weighted by Gasteiger charge is -2.37. The number of nitrogens with zero attached hydrogens (tertiary/aromatic N) is 2. The highest BCUT2D eigenvalue weighted by atomic mass is 32.2. The number of nitrogens with one attached hydrogen (secondary N) is 1. The number of carbonyl (C=O) groups excluding carboxylic acids is 1. The van der Waals surface area contributed by atoms with Gasteiger partial charge in [-0.05, 0) is 55.8 Å². The summed E-state index contributed by atoms with van der Waals surface area (Å²) < 4.78 is 72.9. The van der Waals surface area contributed by atoms with Crippen LogP contribution < -0.4 is 10.1 Å². The molecule has 3 atom stereocenters. The standard InChI is InChI=1S/C26H32F3N3O5S/c1-5-6-19-7-12-24-22(13-19)37-23(17(2)14-32(18(3)16-33)38(24,35)36)15-31(4)25(34)30-21-10-8-20(9-11-21)26(27,28)29/h5-13,17-18,23,33H,14-16H2,1-4H3,(H,30,34)/b6-5+/t17-,18+,23-/m1/s1. The van der Waals surface area contributed by atoms with E-state index in [9.17, 15) is 31.5 Å². The van der Waals surface area contributed by atoms with Gasteiger partial charge in [0.15, 0.2) is 0 Å². The molecule has 0 saturated carbocycles. The third-order valence-corrected chi connectivity index (χ3v) is 8.33. The Morgan fingerprint density at radius 1 is 1.26 bits per heavy atom. The first kappa shape index (κ1) is 29.5. The van der Waals surface area contributed by atoms with Crippen molar-refractivity contribution in [3.8, 4) is 5.75 Å². The molecule has 0 unspecified atom stereocenters. The van der Waals surface area contributed by atoms with Gasteiger partial charge in [0.25, 0.3) is 0 Å². The van der Waals surface area contributed by atoms with E-state index in [0.717, 1.165) is 17.7 Å². The van der Waals surface area contributed by atoms with E-state index < -0.39 is 45.9 Å². The molecule has 1 heterocycles. The molecular weight excluding hydrogens is 523 g/mol. The molecule has 2 aromatic rings. The van der Waals surface area contributed by atoms with Gasteiger partial charge in [0.1, 0.15) is 16.7 Å². The van der Waals surface area contributed by atoms with Crippen molar-refractivity contribution in [3.63, 3.8) is 0 Å². The maximum atomic E-state index is 13.5. The molecule has 0 bridgehead atoms. The van der Waals surface area contributed by atoms with E-state index in [1.54, 1.807) is 38.1 Å². The Morgan fingerprint density at radius 2 is 1.92 bits per heavy atom. The Balaban J connectivity index is 1.87. The fourth-order valence-electron chi connectivity index (χ4n) is 4.07. The number of anilines is 1. The number of ether oxygens (including phenoxy) is 1. The third-order valence-electron chi connectivity index (χ3n) is 6.31. The van der Waals surface area contributed by atoms with Crippen LogP contribution in [0.5, 0.6) is 5.75 Å². The molecule has 1 aliphatic heterocycles. The summed E-state index contributed by atoms with van der Waals surface area (Å²) in [5, 5.41) is 12.3. The Labute approximate surface area is 220 Å². The number of urea groups is 1. The zero-order chi connectivity index (χ0) is 28.3. The van der Waals surface area contributed by atoms with E-state index >= 15 is 0 Å². The number of allylic oxidation sites excluding steroid dienone is 1. The first-order valence-corrected chi connectivity index (χ1v) is 13.5. The fourth-order valence-corrected chi connectivity index (χ4v) is 5.90. The van der Waals surface area contributed by atoms with Crippen molar-refractivity contribution >= 4 is 27.8 Å². The van der Waals surface area contributed by atoms with Crippen LogP contribution >= 0.6 is 0 Å². The molecule has 12 heteroatoms. The van der Waals surface area contributed by atoms with Crippen LogP contribution in [-0.2, 0) is 16.2 Å². The van der Waals surface area contributed by atoms with Crippen molar-refractivity contribution in [1.82, 2.24) is 9.21 Å². The van der Waals surface area contributed by atoms with Crippen LogP contribution in [0.3, 0.4) is 0 Å². The van der Waals surface area contributed by atoms with Gasteiger partial charge in [-0.25, -0.2) is 13.2 Å². The molecule has 1 aliphatic rings. The van der Waals surface area contributed by atoms with Crippen LogP contribution in [0.15, 0.2) is 53.4 Å². The van der Waals surface area contributed by atoms with Crippen LogP contribution in [0, 0.1) is 5.92 Å². The Morgan fingerprint density at radius 3 is 2.50 bits per heavy atom. The number of aliphatic hydroxyl groups is 1. The van der Waals surface area contributed by atoms with Crippen molar-refractivity contribution < 1.29 is 36.2 Å². The molecule has 2 aromatic carbocycles. The molecule has 2 N–H and O–H groups in total. The second kappa shape index (κ2) is 11.7.